The summed E-state index contributed by atoms with van der Waals surface area (Å²) in [7, 11) is 0. The van der Waals surface area contributed by atoms with Gasteiger partial charge in [0.25, 0.3) is 0 Å². The summed E-state index contributed by atoms with van der Waals surface area (Å²) in [4.78, 5) is 23.8. The van der Waals surface area contributed by atoms with Crippen LogP contribution in [0.1, 0.15) is 16.8 Å². The van der Waals surface area contributed by atoms with Gasteiger partial charge in [-0.25, -0.2) is 9.59 Å². The Morgan fingerprint density at radius 2 is 1.88 bits per heavy atom. The number of para-hydroxylation sites is 1. The summed E-state index contributed by atoms with van der Waals surface area (Å²) in [6.07, 6.45) is -0.576. The highest BCUT2D eigenvalue weighted by molar-refractivity contribution is 5.97. The molecule has 0 aromatic heterocycles. The Labute approximate surface area is 147 Å². The first kappa shape index (κ1) is 17.7. The van der Waals surface area contributed by atoms with Crippen LogP contribution in [-0.4, -0.2) is 31.3 Å². The van der Waals surface area contributed by atoms with Crippen LogP contribution < -0.4 is 10.1 Å². The number of esters is 2. The lowest BCUT2D eigenvalue weighted by molar-refractivity contribution is -0.145. The molecule has 8 heteroatoms. The summed E-state index contributed by atoms with van der Waals surface area (Å²) in [5, 5.41) is 3.01. The third kappa shape index (κ3) is 4.27. The number of cyclic esters (lactones) is 1. The molecule has 3 rings (SSSR count). The molecule has 0 bridgehead atoms. The zero-order valence-corrected chi connectivity index (χ0v) is 13.5. The van der Waals surface area contributed by atoms with Crippen LogP contribution in [0.15, 0.2) is 48.5 Å². The molecule has 1 saturated heterocycles. The van der Waals surface area contributed by atoms with Gasteiger partial charge in [0.2, 0.25) is 6.10 Å². The van der Waals surface area contributed by atoms with E-state index in [9.17, 15) is 18.4 Å². The van der Waals surface area contributed by atoms with Gasteiger partial charge in [0.15, 0.2) is 0 Å². The summed E-state index contributed by atoms with van der Waals surface area (Å²) in [5.41, 5.74) is 1.25. The number of nitrogens with one attached hydrogen (secondary N) is 1. The topological polar surface area (TPSA) is 73.9 Å². The highest BCUT2D eigenvalue weighted by Crippen LogP contribution is 2.25. The summed E-state index contributed by atoms with van der Waals surface area (Å²) >= 11 is 0. The van der Waals surface area contributed by atoms with Crippen molar-refractivity contribution < 1.29 is 32.6 Å². The van der Waals surface area contributed by atoms with Crippen molar-refractivity contribution >= 4 is 23.3 Å². The summed E-state index contributed by atoms with van der Waals surface area (Å²) in [5.74, 6) is -1.19. The fourth-order valence-corrected chi connectivity index (χ4v) is 2.42. The molecule has 0 spiro atoms. The fraction of sp³-hybridized carbons (Fsp3) is 0.222. The van der Waals surface area contributed by atoms with Crippen molar-refractivity contribution in [3.8, 4) is 5.75 Å². The molecular formula is C18H15F2NO5. The van der Waals surface area contributed by atoms with Crippen LogP contribution in [0.25, 0.3) is 0 Å². The number of alkyl halides is 2. The van der Waals surface area contributed by atoms with Gasteiger partial charge in [-0.15, -0.1) is 0 Å². The number of rotatable bonds is 6. The van der Waals surface area contributed by atoms with Crippen molar-refractivity contribution in [2.75, 3.05) is 11.9 Å². The number of hydrogen-bond donors (Lipinski definition) is 1. The second kappa shape index (κ2) is 7.81. The molecule has 2 aromatic carbocycles. The number of halogens is 2. The van der Waals surface area contributed by atoms with E-state index < -0.39 is 24.7 Å². The van der Waals surface area contributed by atoms with Crippen molar-refractivity contribution in [2.24, 2.45) is 0 Å². The quantitative estimate of drug-likeness (QED) is 0.792. The first-order valence-corrected chi connectivity index (χ1v) is 7.81. The number of anilines is 2. The second-order valence-corrected chi connectivity index (χ2v) is 5.42. The highest BCUT2D eigenvalue weighted by Gasteiger charge is 2.31. The molecule has 26 heavy (non-hydrogen) atoms. The summed E-state index contributed by atoms with van der Waals surface area (Å²) < 4.78 is 38.6. The Hall–Kier alpha value is -3.16. The first-order chi connectivity index (χ1) is 12.5. The Morgan fingerprint density at radius 1 is 1.15 bits per heavy atom. The molecule has 1 fully saturated rings. The van der Waals surface area contributed by atoms with Gasteiger partial charge in [-0.2, -0.15) is 8.78 Å². The molecule has 1 aliphatic rings. The standard InChI is InChI=1S/C18H15F2NO5/c19-18(20)25-12-7-5-11(6-8-12)21-14-4-2-1-3-13(14)16(22)26-15-9-10-24-17(15)23/h1-8,15,18,21H,9-10H2/t15-/m1/s1. The number of ether oxygens (including phenoxy) is 3. The van der Waals surface area contributed by atoms with E-state index in [0.29, 0.717) is 17.8 Å². The Morgan fingerprint density at radius 3 is 2.54 bits per heavy atom. The molecule has 136 valence electrons. The normalized spacial score (nSPS) is 16.3. The zero-order chi connectivity index (χ0) is 18.5. The SMILES string of the molecule is O=C(O[C@@H]1CCOC1=O)c1ccccc1Nc1ccc(OC(F)F)cc1. The van der Waals surface area contributed by atoms with Crippen LogP contribution in [0.3, 0.4) is 0 Å². The largest absolute Gasteiger partial charge is 0.463 e. The third-order valence-corrected chi connectivity index (χ3v) is 3.64. The van der Waals surface area contributed by atoms with Crippen molar-refractivity contribution in [2.45, 2.75) is 19.1 Å². The van der Waals surface area contributed by atoms with Crippen LogP contribution >= 0.6 is 0 Å². The number of carbonyl (C=O) groups excluding carboxylic acids is 2. The number of benzene rings is 2. The minimum absolute atomic E-state index is 0.0259. The van der Waals surface area contributed by atoms with Crippen molar-refractivity contribution in [3.63, 3.8) is 0 Å². The zero-order valence-electron chi connectivity index (χ0n) is 13.5. The molecule has 6 nitrogen and oxygen atoms in total. The second-order valence-electron chi connectivity index (χ2n) is 5.42. The van der Waals surface area contributed by atoms with E-state index >= 15 is 0 Å². The smallest absolute Gasteiger partial charge is 0.387 e. The van der Waals surface area contributed by atoms with Gasteiger partial charge >= 0.3 is 18.6 Å². The average Bonchev–Trinajstić information content (AvgIpc) is 3.01. The van der Waals surface area contributed by atoms with Crippen LogP contribution in [0.2, 0.25) is 0 Å². The lowest BCUT2D eigenvalue weighted by Crippen LogP contribution is -2.23. The molecule has 1 aliphatic heterocycles. The summed E-state index contributed by atoms with van der Waals surface area (Å²) in [6, 6.07) is 12.4. The molecule has 0 amide bonds. The third-order valence-electron chi connectivity index (χ3n) is 3.64. The molecule has 1 atom stereocenters. The minimum atomic E-state index is -2.90. The predicted molar refractivity (Wildman–Crippen MR) is 87.6 cm³/mol. The molecular weight excluding hydrogens is 348 g/mol. The van der Waals surface area contributed by atoms with Crippen LogP contribution in [-0.2, 0) is 14.3 Å². The van der Waals surface area contributed by atoms with E-state index in [1.807, 2.05) is 0 Å². The van der Waals surface area contributed by atoms with E-state index in [1.54, 1.807) is 24.3 Å². The van der Waals surface area contributed by atoms with Gasteiger partial charge < -0.3 is 19.5 Å². The van der Waals surface area contributed by atoms with Crippen molar-refractivity contribution in [1.29, 1.82) is 0 Å². The van der Waals surface area contributed by atoms with Crippen LogP contribution in [0.4, 0.5) is 20.2 Å². The lowest BCUT2D eigenvalue weighted by Gasteiger charge is -2.13. The van der Waals surface area contributed by atoms with Gasteiger partial charge in [-0.05, 0) is 36.4 Å². The van der Waals surface area contributed by atoms with Crippen molar-refractivity contribution in [1.82, 2.24) is 0 Å². The average molecular weight is 363 g/mol. The van der Waals surface area contributed by atoms with E-state index in [4.69, 9.17) is 9.47 Å². The van der Waals surface area contributed by atoms with Crippen LogP contribution in [0, 0.1) is 0 Å². The Balaban J connectivity index is 1.72. The monoisotopic (exact) mass is 363 g/mol. The van der Waals surface area contributed by atoms with Crippen LogP contribution in [0.5, 0.6) is 5.75 Å². The van der Waals surface area contributed by atoms with Gasteiger partial charge in [0.1, 0.15) is 5.75 Å². The Bertz CT molecular complexity index is 794. The van der Waals surface area contributed by atoms with Gasteiger partial charge in [0, 0.05) is 12.1 Å². The maximum absolute atomic E-state index is 12.4. The predicted octanol–water partition coefficient (Wildman–Crippen LogP) is 3.50. The molecule has 2 aromatic rings. The molecule has 0 radical (unpaired) electrons. The Kier molecular flexibility index (Phi) is 5.31. The van der Waals surface area contributed by atoms with Crippen molar-refractivity contribution in [3.05, 3.63) is 54.1 Å². The molecule has 1 heterocycles. The number of carbonyl (C=O) groups is 2. The van der Waals surface area contributed by atoms with E-state index in [2.05, 4.69) is 10.1 Å². The minimum Gasteiger partial charge on any atom is -0.463 e. The van der Waals surface area contributed by atoms with Gasteiger partial charge in [-0.3, -0.25) is 0 Å². The molecule has 0 saturated carbocycles. The first-order valence-electron chi connectivity index (χ1n) is 7.81. The van der Waals surface area contributed by atoms with Gasteiger partial charge in [-0.1, -0.05) is 12.1 Å². The lowest BCUT2D eigenvalue weighted by atomic mass is 10.1. The van der Waals surface area contributed by atoms with Gasteiger partial charge in [0.05, 0.1) is 17.9 Å². The number of hydrogen-bond acceptors (Lipinski definition) is 6. The molecule has 0 aliphatic carbocycles. The summed E-state index contributed by atoms with van der Waals surface area (Å²) in [6.45, 7) is -2.67. The molecule has 1 N–H and O–H groups in total. The van der Waals surface area contributed by atoms with E-state index in [-0.39, 0.29) is 17.9 Å². The highest BCUT2D eigenvalue weighted by atomic mass is 19.3. The van der Waals surface area contributed by atoms with E-state index in [0.717, 1.165) is 0 Å². The van der Waals surface area contributed by atoms with E-state index in [1.165, 1.54) is 24.3 Å². The maximum Gasteiger partial charge on any atom is 0.387 e. The fourth-order valence-electron chi connectivity index (χ4n) is 2.42. The molecule has 0 unspecified atom stereocenters. The maximum atomic E-state index is 12.4.